The smallest absolute Gasteiger partial charge is 0.228 e. The highest BCUT2D eigenvalue weighted by Crippen LogP contribution is 2.41. The molecule has 0 spiro atoms. The minimum atomic E-state index is -0.409. The number of rotatable bonds is 2. The molecule has 1 aromatic rings. The van der Waals surface area contributed by atoms with Crippen LogP contribution in [0.5, 0.6) is 0 Å². The molecule has 2 rings (SSSR count). The van der Waals surface area contributed by atoms with Crippen LogP contribution in [-0.4, -0.2) is 5.91 Å². The fourth-order valence-electron chi connectivity index (χ4n) is 2.69. The van der Waals surface area contributed by atoms with E-state index in [1.807, 2.05) is 30.3 Å². The predicted octanol–water partition coefficient (Wildman–Crippen LogP) is 2.62. The zero-order valence-electron chi connectivity index (χ0n) is 9.78. The van der Waals surface area contributed by atoms with E-state index in [9.17, 15) is 4.79 Å². The van der Waals surface area contributed by atoms with Crippen LogP contribution >= 0.6 is 0 Å². The van der Waals surface area contributed by atoms with Gasteiger partial charge in [-0.2, -0.15) is 0 Å². The lowest BCUT2D eigenvalue weighted by atomic mass is 9.66. The molecule has 1 aliphatic rings. The van der Waals surface area contributed by atoms with Crippen LogP contribution in [0.15, 0.2) is 30.3 Å². The van der Waals surface area contributed by atoms with E-state index in [0.717, 1.165) is 37.2 Å². The summed E-state index contributed by atoms with van der Waals surface area (Å²) in [6.07, 6.45) is 3.98. The third-order valence-corrected chi connectivity index (χ3v) is 3.93. The highest BCUT2D eigenvalue weighted by molar-refractivity contribution is 5.86. The van der Waals surface area contributed by atoms with Gasteiger partial charge in [0.2, 0.25) is 5.91 Å². The molecule has 0 saturated heterocycles. The van der Waals surface area contributed by atoms with Crippen molar-refractivity contribution in [3.8, 4) is 0 Å². The van der Waals surface area contributed by atoms with E-state index in [4.69, 9.17) is 5.73 Å². The Bertz CT molecular complexity index is 364. The van der Waals surface area contributed by atoms with E-state index in [0.29, 0.717) is 0 Å². The van der Waals surface area contributed by atoms with Crippen LogP contribution in [0, 0.1) is 5.92 Å². The Labute approximate surface area is 96.8 Å². The molecule has 2 N–H and O–H groups in total. The molecule has 0 radical (unpaired) electrons. The monoisotopic (exact) mass is 217 g/mol. The Balaban J connectivity index is 2.34. The Kier molecular flexibility index (Phi) is 2.99. The van der Waals surface area contributed by atoms with Gasteiger partial charge < -0.3 is 5.73 Å². The summed E-state index contributed by atoms with van der Waals surface area (Å²) < 4.78 is 0. The molecule has 0 unspecified atom stereocenters. The number of hydrogen-bond donors (Lipinski definition) is 1. The third-order valence-electron chi connectivity index (χ3n) is 3.93. The standard InChI is InChI=1S/C14H19NO/c1-11-7-9-14(10-8-11,13(15)16)12-5-3-2-4-6-12/h2-6,11H,7-10H2,1H3,(H2,15,16). The van der Waals surface area contributed by atoms with Gasteiger partial charge in [-0.1, -0.05) is 37.3 Å². The second-order valence-electron chi connectivity index (χ2n) is 4.99. The lowest BCUT2D eigenvalue weighted by molar-refractivity contribution is -0.125. The number of hydrogen-bond acceptors (Lipinski definition) is 1. The van der Waals surface area contributed by atoms with Gasteiger partial charge in [-0.05, 0) is 37.2 Å². The fourth-order valence-corrected chi connectivity index (χ4v) is 2.69. The predicted molar refractivity (Wildman–Crippen MR) is 64.9 cm³/mol. The van der Waals surface area contributed by atoms with E-state index in [1.54, 1.807) is 0 Å². The fraction of sp³-hybridized carbons (Fsp3) is 0.500. The van der Waals surface area contributed by atoms with Crippen molar-refractivity contribution in [1.29, 1.82) is 0 Å². The van der Waals surface area contributed by atoms with E-state index >= 15 is 0 Å². The van der Waals surface area contributed by atoms with Crippen LogP contribution in [0.4, 0.5) is 0 Å². The molecule has 1 aromatic carbocycles. The molecule has 2 nitrogen and oxygen atoms in total. The molecule has 1 amide bonds. The molecule has 1 saturated carbocycles. The Morgan fingerprint density at radius 2 is 1.81 bits per heavy atom. The highest BCUT2D eigenvalue weighted by atomic mass is 16.1. The van der Waals surface area contributed by atoms with E-state index in [-0.39, 0.29) is 5.91 Å². The number of carbonyl (C=O) groups is 1. The van der Waals surface area contributed by atoms with Gasteiger partial charge in [0.1, 0.15) is 0 Å². The van der Waals surface area contributed by atoms with E-state index in [1.165, 1.54) is 0 Å². The van der Waals surface area contributed by atoms with Crippen LogP contribution in [0.2, 0.25) is 0 Å². The first-order valence-corrected chi connectivity index (χ1v) is 6.00. The van der Waals surface area contributed by atoms with Crippen molar-refractivity contribution in [2.75, 3.05) is 0 Å². The zero-order chi connectivity index (χ0) is 11.6. The molecule has 0 atom stereocenters. The first kappa shape index (κ1) is 11.2. The number of primary amides is 1. The lowest BCUT2D eigenvalue weighted by Gasteiger charge is -2.37. The third kappa shape index (κ3) is 1.84. The zero-order valence-corrected chi connectivity index (χ0v) is 9.78. The molecule has 0 heterocycles. The number of amides is 1. The van der Waals surface area contributed by atoms with Crippen molar-refractivity contribution in [2.45, 2.75) is 38.0 Å². The Morgan fingerprint density at radius 3 is 2.31 bits per heavy atom. The van der Waals surface area contributed by atoms with Crippen LogP contribution in [0.1, 0.15) is 38.2 Å². The van der Waals surface area contributed by atoms with Crippen molar-refractivity contribution in [3.05, 3.63) is 35.9 Å². The van der Waals surface area contributed by atoms with Gasteiger partial charge >= 0.3 is 0 Å². The molecular formula is C14H19NO. The topological polar surface area (TPSA) is 43.1 Å². The molecule has 1 fully saturated rings. The summed E-state index contributed by atoms with van der Waals surface area (Å²) >= 11 is 0. The number of benzene rings is 1. The molecule has 0 aromatic heterocycles. The normalized spacial score (nSPS) is 29.9. The van der Waals surface area contributed by atoms with Gasteiger partial charge in [0.25, 0.3) is 0 Å². The van der Waals surface area contributed by atoms with Crippen LogP contribution in [-0.2, 0) is 10.2 Å². The lowest BCUT2D eigenvalue weighted by Crippen LogP contribution is -2.43. The molecule has 1 aliphatic carbocycles. The van der Waals surface area contributed by atoms with Crippen LogP contribution in [0.25, 0.3) is 0 Å². The van der Waals surface area contributed by atoms with Gasteiger partial charge in [0, 0.05) is 0 Å². The number of carbonyl (C=O) groups excluding carboxylic acids is 1. The first-order chi connectivity index (χ1) is 7.65. The van der Waals surface area contributed by atoms with Gasteiger partial charge in [0.05, 0.1) is 5.41 Å². The van der Waals surface area contributed by atoms with Crippen LogP contribution in [0.3, 0.4) is 0 Å². The van der Waals surface area contributed by atoms with Gasteiger partial charge in [0.15, 0.2) is 0 Å². The molecule has 86 valence electrons. The van der Waals surface area contributed by atoms with Gasteiger partial charge in [-0.3, -0.25) is 4.79 Å². The van der Waals surface area contributed by atoms with Gasteiger partial charge in [-0.15, -0.1) is 0 Å². The second kappa shape index (κ2) is 4.28. The van der Waals surface area contributed by atoms with Crippen molar-refractivity contribution >= 4 is 5.91 Å². The maximum absolute atomic E-state index is 11.8. The molecule has 0 bridgehead atoms. The van der Waals surface area contributed by atoms with Gasteiger partial charge in [-0.25, -0.2) is 0 Å². The molecule has 16 heavy (non-hydrogen) atoms. The van der Waals surface area contributed by atoms with Crippen LogP contribution < -0.4 is 5.73 Å². The van der Waals surface area contributed by atoms with Crippen molar-refractivity contribution in [1.82, 2.24) is 0 Å². The summed E-state index contributed by atoms with van der Waals surface area (Å²) in [6, 6.07) is 10.0. The minimum absolute atomic E-state index is 0.161. The largest absolute Gasteiger partial charge is 0.369 e. The van der Waals surface area contributed by atoms with Crippen molar-refractivity contribution in [3.63, 3.8) is 0 Å². The van der Waals surface area contributed by atoms with E-state index in [2.05, 4.69) is 6.92 Å². The summed E-state index contributed by atoms with van der Waals surface area (Å²) in [4.78, 5) is 11.8. The molecule has 2 heteroatoms. The molecule has 0 aliphatic heterocycles. The maximum atomic E-state index is 11.8. The minimum Gasteiger partial charge on any atom is -0.369 e. The van der Waals surface area contributed by atoms with E-state index < -0.39 is 5.41 Å². The van der Waals surface area contributed by atoms with Crippen molar-refractivity contribution < 1.29 is 4.79 Å². The Hall–Kier alpha value is -1.31. The molecular weight excluding hydrogens is 198 g/mol. The average molecular weight is 217 g/mol. The SMILES string of the molecule is CC1CCC(C(N)=O)(c2ccccc2)CC1. The summed E-state index contributed by atoms with van der Waals surface area (Å²) in [6.45, 7) is 2.25. The highest BCUT2D eigenvalue weighted by Gasteiger charge is 2.40. The average Bonchev–Trinajstić information content (AvgIpc) is 2.31. The van der Waals surface area contributed by atoms with Crippen molar-refractivity contribution in [2.24, 2.45) is 11.7 Å². The maximum Gasteiger partial charge on any atom is 0.228 e. The number of nitrogens with two attached hydrogens (primary N) is 1. The summed E-state index contributed by atoms with van der Waals surface area (Å²) in [5, 5.41) is 0. The second-order valence-corrected chi connectivity index (χ2v) is 4.99. The first-order valence-electron chi connectivity index (χ1n) is 6.00. The Morgan fingerprint density at radius 1 is 1.25 bits per heavy atom. The summed E-state index contributed by atoms with van der Waals surface area (Å²) in [5.41, 5.74) is 6.32. The summed E-state index contributed by atoms with van der Waals surface area (Å²) in [7, 11) is 0. The summed E-state index contributed by atoms with van der Waals surface area (Å²) in [5.74, 6) is 0.557. The quantitative estimate of drug-likeness (QED) is 0.813.